The molecule has 0 aliphatic heterocycles. The number of amides is 1. The molecule has 6 heteroatoms. The second-order valence-corrected chi connectivity index (χ2v) is 8.35. The summed E-state index contributed by atoms with van der Waals surface area (Å²) < 4.78 is 12.2. The lowest BCUT2D eigenvalue weighted by atomic mass is 10.1. The summed E-state index contributed by atoms with van der Waals surface area (Å²) in [5.41, 5.74) is 2.09. The normalized spacial score (nSPS) is 11.0. The first kappa shape index (κ1) is 23.1. The minimum atomic E-state index is -0.535. The van der Waals surface area contributed by atoms with Gasteiger partial charge in [-0.05, 0) is 52.7 Å². The van der Waals surface area contributed by atoms with Crippen molar-refractivity contribution in [3.05, 3.63) is 106 Å². The van der Waals surface area contributed by atoms with Crippen molar-refractivity contribution >= 4 is 44.4 Å². The number of rotatable bonds is 7. The maximum absolute atomic E-state index is 12.8. The van der Waals surface area contributed by atoms with Crippen LogP contribution >= 0.6 is 15.9 Å². The van der Waals surface area contributed by atoms with E-state index in [1.54, 1.807) is 24.3 Å². The molecule has 4 aromatic carbocycles. The number of para-hydroxylation sites is 2. The molecule has 0 bridgehead atoms. The molecule has 0 aliphatic carbocycles. The third-order valence-corrected chi connectivity index (χ3v) is 5.75. The molecule has 4 rings (SSSR count). The van der Waals surface area contributed by atoms with Crippen molar-refractivity contribution in [2.24, 2.45) is 0 Å². The SMILES string of the molecule is COc1ccccc1NC(=O)/C(C#N)=C/c1cc(Br)ccc1OCc1cccc2ccccc12. The number of nitrogens with one attached hydrogen (secondary N) is 1. The van der Waals surface area contributed by atoms with Gasteiger partial charge in [0.15, 0.2) is 0 Å². The average molecular weight is 513 g/mol. The van der Waals surface area contributed by atoms with E-state index in [2.05, 4.69) is 39.4 Å². The number of ether oxygens (including phenoxy) is 2. The number of nitrogens with zero attached hydrogens (tertiary/aromatic N) is 1. The molecular weight excluding hydrogens is 492 g/mol. The summed E-state index contributed by atoms with van der Waals surface area (Å²) in [6.07, 6.45) is 1.52. The van der Waals surface area contributed by atoms with Gasteiger partial charge in [0, 0.05) is 10.0 Å². The fraction of sp³-hybridized carbons (Fsp3) is 0.0714. The summed E-state index contributed by atoms with van der Waals surface area (Å²) in [4.78, 5) is 12.8. The largest absolute Gasteiger partial charge is 0.495 e. The number of hydrogen-bond acceptors (Lipinski definition) is 4. The van der Waals surface area contributed by atoms with Gasteiger partial charge >= 0.3 is 0 Å². The molecule has 0 fully saturated rings. The van der Waals surface area contributed by atoms with Gasteiger partial charge < -0.3 is 14.8 Å². The van der Waals surface area contributed by atoms with Crippen molar-refractivity contribution in [1.82, 2.24) is 0 Å². The van der Waals surface area contributed by atoms with Crippen LogP contribution in [-0.4, -0.2) is 13.0 Å². The number of fused-ring (bicyclic) bond motifs is 1. The van der Waals surface area contributed by atoms with Gasteiger partial charge in [-0.25, -0.2) is 0 Å². The highest BCUT2D eigenvalue weighted by Crippen LogP contribution is 2.29. The van der Waals surface area contributed by atoms with Crippen LogP contribution < -0.4 is 14.8 Å². The number of carbonyl (C=O) groups excluding carboxylic acids is 1. The number of hydrogen-bond donors (Lipinski definition) is 1. The van der Waals surface area contributed by atoms with Gasteiger partial charge in [0.1, 0.15) is 29.7 Å². The summed E-state index contributed by atoms with van der Waals surface area (Å²) in [6.45, 7) is 0.346. The molecule has 4 aromatic rings. The first-order chi connectivity index (χ1) is 16.6. The van der Waals surface area contributed by atoms with Crippen LogP contribution in [0.3, 0.4) is 0 Å². The molecular formula is C28H21BrN2O3. The molecule has 34 heavy (non-hydrogen) atoms. The zero-order valence-corrected chi connectivity index (χ0v) is 20.0. The van der Waals surface area contributed by atoms with Gasteiger partial charge in [0.2, 0.25) is 0 Å². The molecule has 0 saturated heterocycles. The number of benzene rings is 4. The lowest BCUT2D eigenvalue weighted by Crippen LogP contribution is -2.14. The molecule has 168 valence electrons. The van der Waals surface area contributed by atoms with Gasteiger partial charge in [-0.15, -0.1) is 0 Å². The zero-order chi connectivity index (χ0) is 23.9. The van der Waals surface area contributed by atoms with Gasteiger partial charge in [0.05, 0.1) is 12.8 Å². The van der Waals surface area contributed by atoms with E-state index in [0.29, 0.717) is 29.4 Å². The van der Waals surface area contributed by atoms with Crippen LogP contribution in [0.2, 0.25) is 0 Å². The first-order valence-corrected chi connectivity index (χ1v) is 11.3. The minimum Gasteiger partial charge on any atom is -0.495 e. The summed E-state index contributed by atoms with van der Waals surface area (Å²) in [5, 5.41) is 14.7. The fourth-order valence-corrected chi connectivity index (χ4v) is 3.96. The lowest BCUT2D eigenvalue weighted by molar-refractivity contribution is -0.112. The van der Waals surface area contributed by atoms with Gasteiger partial charge in [0.25, 0.3) is 5.91 Å². The monoisotopic (exact) mass is 512 g/mol. The standard InChI is InChI=1S/C28H21BrN2O3/c1-33-27-12-5-4-11-25(27)31-28(32)22(17-30)15-21-16-23(29)13-14-26(21)34-18-20-9-6-8-19-7-2-3-10-24(19)20/h2-16H,18H2,1H3,(H,31,32)/b22-15+. The molecule has 0 unspecified atom stereocenters. The quantitative estimate of drug-likeness (QED) is 0.220. The van der Waals surface area contributed by atoms with Crippen molar-refractivity contribution in [3.8, 4) is 17.6 Å². The smallest absolute Gasteiger partial charge is 0.266 e. The van der Waals surface area contributed by atoms with E-state index in [4.69, 9.17) is 9.47 Å². The molecule has 0 radical (unpaired) electrons. The van der Waals surface area contributed by atoms with E-state index in [9.17, 15) is 10.1 Å². The first-order valence-electron chi connectivity index (χ1n) is 10.5. The van der Waals surface area contributed by atoms with Crippen LogP contribution in [0.1, 0.15) is 11.1 Å². The maximum Gasteiger partial charge on any atom is 0.266 e. The van der Waals surface area contributed by atoms with E-state index in [1.807, 2.05) is 48.5 Å². The highest BCUT2D eigenvalue weighted by Gasteiger charge is 2.14. The van der Waals surface area contributed by atoms with Crippen LogP contribution in [0.5, 0.6) is 11.5 Å². The Morgan fingerprint density at radius 3 is 2.59 bits per heavy atom. The number of halogens is 1. The topological polar surface area (TPSA) is 71.3 Å². The Morgan fingerprint density at radius 2 is 1.76 bits per heavy atom. The Balaban J connectivity index is 1.60. The van der Waals surface area contributed by atoms with Crippen molar-refractivity contribution < 1.29 is 14.3 Å². The molecule has 0 aliphatic rings. The van der Waals surface area contributed by atoms with E-state index >= 15 is 0 Å². The Morgan fingerprint density at radius 1 is 1.00 bits per heavy atom. The Hall–Kier alpha value is -4.08. The number of carbonyl (C=O) groups is 1. The highest BCUT2D eigenvalue weighted by atomic mass is 79.9. The van der Waals surface area contributed by atoms with Crippen LogP contribution in [-0.2, 0) is 11.4 Å². The number of nitriles is 1. The molecule has 0 aromatic heterocycles. The van der Waals surface area contributed by atoms with E-state index < -0.39 is 5.91 Å². The third kappa shape index (κ3) is 5.28. The summed E-state index contributed by atoms with van der Waals surface area (Å²) in [5.74, 6) is 0.538. The van der Waals surface area contributed by atoms with Crippen LogP contribution in [0.4, 0.5) is 5.69 Å². The molecule has 1 N–H and O–H groups in total. The van der Waals surface area contributed by atoms with Gasteiger partial charge in [-0.2, -0.15) is 5.26 Å². The van der Waals surface area contributed by atoms with E-state index in [1.165, 1.54) is 13.2 Å². The molecule has 5 nitrogen and oxygen atoms in total. The van der Waals surface area contributed by atoms with Crippen molar-refractivity contribution in [2.75, 3.05) is 12.4 Å². The number of methoxy groups -OCH3 is 1. The van der Waals surface area contributed by atoms with Crippen LogP contribution in [0.15, 0.2) is 95.0 Å². The van der Waals surface area contributed by atoms with E-state index in [0.717, 1.165) is 20.8 Å². The molecule has 0 spiro atoms. The molecule has 0 atom stereocenters. The average Bonchev–Trinajstić information content (AvgIpc) is 2.87. The van der Waals surface area contributed by atoms with Crippen LogP contribution in [0.25, 0.3) is 16.8 Å². The maximum atomic E-state index is 12.8. The van der Waals surface area contributed by atoms with Crippen molar-refractivity contribution in [2.45, 2.75) is 6.61 Å². The van der Waals surface area contributed by atoms with Crippen molar-refractivity contribution in [1.29, 1.82) is 5.26 Å². The summed E-state index contributed by atoms with van der Waals surface area (Å²) in [7, 11) is 1.52. The predicted molar refractivity (Wildman–Crippen MR) is 138 cm³/mol. The Labute approximate surface area is 206 Å². The lowest BCUT2D eigenvalue weighted by Gasteiger charge is -2.13. The summed E-state index contributed by atoms with van der Waals surface area (Å²) >= 11 is 3.46. The predicted octanol–water partition coefficient (Wildman–Crippen LogP) is 6.74. The van der Waals surface area contributed by atoms with Gasteiger partial charge in [-0.1, -0.05) is 70.5 Å². The van der Waals surface area contributed by atoms with Crippen LogP contribution in [0, 0.1) is 11.3 Å². The second kappa shape index (κ2) is 10.7. The summed E-state index contributed by atoms with van der Waals surface area (Å²) in [6, 6.07) is 28.7. The second-order valence-electron chi connectivity index (χ2n) is 7.43. The highest BCUT2D eigenvalue weighted by molar-refractivity contribution is 9.10. The fourth-order valence-electron chi connectivity index (χ4n) is 3.58. The number of anilines is 1. The molecule has 1 amide bonds. The molecule has 0 heterocycles. The Bertz CT molecular complexity index is 1420. The van der Waals surface area contributed by atoms with E-state index in [-0.39, 0.29) is 5.57 Å². The van der Waals surface area contributed by atoms with Gasteiger partial charge in [-0.3, -0.25) is 4.79 Å². The minimum absolute atomic E-state index is 0.0565. The van der Waals surface area contributed by atoms with Crippen molar-refractivity contribution in [3.63, 3.8) is 0 Å². The Kier molecular flexibility index (Phi) is 7.26. The third-order valence-electron chi connectivity index (χ3n) is 5.26. The zero-order valence-electron chi connectivity index (χ0n) is 18.4. The molecule has 0 saturated carbocycles.